The lowest BCUT2D eigenvalue weighted by molar-refractivity contribution is -0.131. The number of aliphatic hydroxyl groups excluding tert-OH is 3. The lowest BCUT2D eigenvalue weighted by atomic mass is 10.0. The number of amides is 1. The number of carbonyl (C=O) groups is 1. The molecular weight excluding hydrogens is 787 g/mol. The molecule has 0 rings (SSSR count). The molecule has 0 aliphatic carbocycles. The number of carbonyl (C=O) groups excluding carboxylic acids is 1. The van der Waals surface area contributed by atoms with E-state index in [0.29, 0.717) is 6.42 Å². The van der Waals surface area contributed by atoms with Gasteiger partial charge in [0.05, 0.1) is 18.8 Å². The molecule has 0 bridgehead atoms. The Kier molecular flexibility index (Phi) is 53.0. The Morgan fingerprint density at radius 3 is 0.953 bits per heavy atom. The van der Waals surface area contributed by atoms with Gasteiger partial charge in [-0.3, -0.25) is 4.79 Å². The molecule has 0 aliphatic heterocycles. The van der Waals surface area contributed by atoms with Crippen molar-refractivity contribution in [1.82, 2.24) is 5.32 Å². The fourth-order valence-corrected chi connectivity index (χ4v) is 8.99. The Balaban J connectivity index is 3.55. The highest BCUT2D eigenvalue weighted by molar-refractivity contribution is 5.80. The number of nitrogens with one attached hydrogen (secondary N) is 1. The molecule has 3 unspecified atom stereocenters. The number of hydrogen-bond donors (Lipinski definition) is 4. The van der Waals surface area contributed by atoms with Crippen LogP contribution in [0, 0.1) is 0 Å². The van der Waals surface area contributed by atoms with E-state index in [1.807, 2.05) is 6.08 Å². The summed E-state index contributed by atoms with van der Waals surface area (Å²) in [5, 5.41) is 33.3. The summed E-state index contributed by atoms with van der Waals surface area (Å²) < 4.78 is 0. The Morgan fingerprint density at radius 1 is 0.375 bits per heavy atom. The first-order valence-electron chi connectivity index (χ1n) is 28.8. The summed E-state index contributed by atoms with van der Waals surface area (Å²) in [4.78, 5) is 12.5. The molecule has 0 saturated heterocycles. The number of aliphatic hydroxyl groups is 3. The predicted octanol–water partition coefficient (Wildman–Crippen LogP) is 17.8. The van der Waals surface area contributed by atoms with Crippen LogP contribution in [-0.2, 0) is 4.79 Å². The van der Waals surface area contributed by atoms with Crippen LogP contribution in [-0.4, -0.2) is 46.1 Å². The topological polar surface area (TPSA) is 89.8 Å². The third kappa shape index (κ3) is 48.5. The van der Waals surface area contributed by atoms with Gasteiger partial charge in [0, 0.05) is 0 Å². The average Bonchev–Trinajstić information content (AvgIpc) is 3.30. The molecule has 378 valence electrons. The predicted molar refractivity (Wildman–Crippen MR) is 282 cm³/mol. The summed E-state index contributed by atoms with van der Waals surface area (Å²) in [6.45, 7) is 4.20. The zero-order valence-electron chi connectivity index (χ0n) is 43.2. The second-order valence-corrected chi connectivity index (χ2v) is 19.8. The highest BCUT2D eigenvalue weighted by Crippen LogP contribution is 2.18. The first-order chi connectivity index (χ1) is 31.6. The van der Waals surface area contributed by atoms with Gasteiger partial charge in [-0.1, -0.05) is 301 Å². The maximum atomic E-state index is 12.5. The van der Waals surface area contributed by atoms with Gasteiger partial charge < -0.3 is 20.6 Å². The van der Waals surface area contributed by atoms with Crippen LogP contribution in [0.2, 0.25) is 0 Å². The highest BCUT2D eigenvalue weighted by Gasteiger charge is 2.22. The van der Waals surface area contributed by atoms with E-state index >= 15 is 0 Å². The van der Waals surface area contributed by atoms with E-state index in [-0.39, 0.29) is 6.61 Å². The molecule has 5 heteroatoms. The number of hydrogen-bond acceptors (Lipinski definition) is 4. The summed E-state index contributed by atoms with van der Waals surface area (Å²) in [6, 6.07) is -0.820. The molecule has 0 heterocycles. The minimum Gasteiger partial charge on any atom is -0.394 e. The molecule has 1 amide bonds. The van der Waals surface area contributed by atoms with Crippen molar-refractivity contribution in [2.45, 2.75) is 327 Å². The summed E-state index contributed by atoms with van der Waals surface area (Å²) in [5.74, 6) is -0.512. The van der Waals surface area contributed by atoms with Gasteiger partial charge in [-0.2, -0.15) is 0 Å². The molecule has 4 N–H and O–H groups in total. The van der Waals surface area contributed by atoms with Crippen molar-refractivity contribution >= 4 is 5.91 Å². The number of allylic oxidation sites excluding steroid dienone is 5. The Bertz CT molecular complexity index is 993. The standard InChI is InChI=1S/C59H113NO4/c1-3-5-7-9-11-13-15-17-19-21-23-24-25-26-27-28-29-30-31-32-33-34-36-38-40-42-44-46-48-50-52-54-58(63)59(64)60-56(55-61)57(62)53-51-49-47-45-43-41-39-37-35-22-20-18-16-14-12-10-8-6-4-2/h35,37,43,45,51,53,56-58,61-63H,3-34,36,38-42,44,46-50,52,54-55H2,1-2H3,(H,60,64)/b37-35+,45-43+,53-51+. The average molecular weight is 901 g/mol. The molecule has 0 aromatic rings. The first kappa shape index (κ1) is 62.6. The summed E-state index contributed by atoms with van der Waals surface area (Å²) in [7, 11) is 0. The summed E-state index contributed by atoms with van der Waals surface area (Å²) in [6.07, 6.45) is 70.9. The van der Waals surface area contributed by atoms with Crippen LogP contribution in [0.1, 0.15) is 309 Å². The van der Waals surface area contributed by atoms with E-state index in [1.165, 1.54) is 244 Å². The fourth-order valence-electron chi connectivity index (χ4n) is 8.99. The lowest BCUT2D eigenvalue weighted by Crippen LogP contribution is -2.48. The van der Waals surface area contributed by atoms with Crippen LogP contribution in [0.3, 0.4) is 0 Å². The third-order valence-electron chi connectivity index (χ3n) is 13.5. The van der Waals surface area contributed by atoms with E-state index in [9.17, 15) is 20.1 Å². The van der Waals surface area contributed by atoms with Crippen LogP contribution < -0.4 is 5.32 Å². The van der Waals surface area contributed by atoms with Crippen molar-refractivity contribution in [1.29, 1.82) is 0 Å². The molecule has 64 heavy (non-hydrogen) atoms. The Hall–Kier alpha value is -1.43. The smallest absolute Gasteiger partial charge is 0.249 e. The van der Waals surface area contributed by atoms with Gasteiger partial charge in [-0.15, -0.1) is 0 Å². The van der Waals surface area contributed by atoms with Gasteiger partial charge >= 0.3 is 0 Å². The molecule has 0 aromatic carbocycles. The second-order valence-electron chi connectivity index (χ2n) is 19.8. The van der Waals surface area contributed by atoms with E-state index in [2.05, 4.69) is 43.5 Å². The van der Waals surface area contributed by atoms with Gasteiger partial charge in [-0.05, 0) is 44.9 Å². The molecular formula is C59H113NO4. The van der Waals surface area contributed by atoms with Crippen molar-refractivity contribution in [3.8, 4) is 0 Å². The molecule has 0 saturated carbocycles. The summed E-state index contributed by atoms with van der Waals surface area (Å²) in [5.41, 5.74) is 0. The van der Waals surface area contributed by atoms with Gasteiger partial charge in [0.1, 0.15) is 6.10 Å². The SMILES string of the molecule is CCCCCCCCCCC/C=C/CC/C=C/CC/C=C/C(O)C(CO)NC(=O)C(O)CCCCCCCCCCCCCCCCCCCCCCCCCCCCCCCCC. The zero-order chi connectivity index (χ0) is 46.5. The number of rotatable bonds is 53. The van der Waals surface area contributed by atoms with E-state index < -0.39 is 24.2 Å². The largest absolute Gasteiger partial charge is 0.394 e. The van der Waals surface area contributed by atoms with Crippen LogP contribution in [0.5, 0.6) is 0 Å². The molecule has 0 radical (unpaired) electrons. The minimum atomic E-state index is -1.11. The molecule has 0 aromatic heterocycles. The molecule has 5 nitrogen and oxygen atoms in total. The Morgan fingerprint density at radius 2 is 0.641 bits per heavy atom. The summed E-state index contributed by atoms with van der Waals surface area (Å²) >= 11 is 0. The monoisotopic (exact) mass is 900 g/mol. The van der Waals surface area contributed by atoms with Crippen LogP contribution in [0.15, 0.2) is 36.5 Å². The van der Waals surface area contributed by atoms with E-state index in [4.69, 9.17) is 0 Å². The van der Waals surface area contributed by atoms with Crippen molar-refractivity contribution in [3.63, 3.8) is 0 Å². The molecule has 3 atom stereocenters. The Labute approximate surface area is 400 Å². The van der Waals surface area contributed by atoms with Crippen molar-refractivity contribution in [3.05, 3.63) is 36.5 Å². The van der Waals surface area contributed by atoms with E-state index in [0.717, 1.165) is 44.9 Å². The van der Waals surface area contributed by atoms with Crippen LogP contribution in [0.25, 0.3) is 0 Å². The lowest BCUT2D eigenvalue weighted by Gasteiger charge is -2.21. The molecule has 0 spiro atoms. The van der Waals surface area contributed by atoms with Gasteiger partial charge in [0.2, 0.25) is 5.91 Å². The number of unbranched alkanes of at least 4 members (excludes halogenated alkanes) is 41. The minimum absolute atomic E-state index is 0.379. The maximum absolute atomic E-state index is 12.5. The molecule has 0 fully saturated rings. The second kappa shape index (κ2) is 54.2. The van der Waals surface area contributed by atoms with Crippen molar-refractivity contribution in [2.24, 2.45) is 0 Å². The quantitative estimate of drug-likeness (QED) is 0.0362. The van der Waals surface area contributed by atoms with E-state index in [1.54, 1.807) is 6.08 Å². The zero-order valence-corrected chi connectivity index (χ0v) is 43.2. The van der Waals surface area contributed by atoms with Crippen molar-refractivity contribution < 1.29 is 20.1 Å². The van der Waals surface area contributed by atoms with Crippen LogP contribution in [0.4, 0.5) is 0 Å². The fraction of sp³-hybridized carbons (Fsp3) is 0.881. The van der Waals surface area contributed by atoms with Gasteiger partial charge in [-0.25, -0.2) is 0 Å². The normalized spacial score (nSPS) is 13.5. The van der Waals surface area contributed by atoms with Gasteiger partial charge in [0.25, 0.3) is 0 Å². The first-order valence-corrected chi connectivity index (χ1v) is 28.8. The van der Waals surface area contributed by atoms with Gasteiger partial charge in [0.15, 0.2) is 0 Å². The maximum Gasteiger partial charge on any atom is 0.249 e. The molecule has 0 aliphatic rings. The highest BCUT2D eigenvalue weighted by atomic mass is 16.3. The van der Waals surface area contributed by atoms with Crippen LogP contribution >= 0.6 is 0 Å². The van der Waals surface area contributed by atoms with Crippen molar-refractivity contribution in [2.75, 3.05) is 6.61 Å². The third-order valence-corrected chi connectivity index (χ3v) is 13.5.